The van der Waals surface area contributed by atoms with E-state index in [2.05, 4.69) is 5.32 Å². The Morgan fingerprint density at radius 3 is 2.29 bits per heavy atom. The number of carbonyl (C=O) groups is 2. The average molecular weight is 616 g/mol. The first-order valence-corrected chi connectivity index (χ1v) is 13.8. The summed E-state index contributed by atoms with van der Waals surface area (Å²) in [5.41, 5.74) is -0.202. The first-order valence-electron chi connectivity index (χ1n) is 13.0. The standard InChI is InChI=1S/C30H28Cl2FN3O6/c1-16(2)42-29(40)24(34-27(38)26-21(31)5-4-6-22(26)32)13-17-7-9-19(10-8-17)36-28(39)20-14-18(11-12-37)23(33)15-25(20)35(3)30(36)41/h4-10,14-16,24,37H,11-13H2,1-3H3,(H,34,38)/t24-/m0/s1. The number of carbonyl (C=O) groups excluding carboxylic acids is 2. The van der Waals surface area contributed by atoms with Crippen molar-refractivity contribution in [1.29, 1.82) is 0 Å². The first-order chi connectivity index (χ1) is 19.9. The smallest absolute Gasteiger partial charge is 0.335 e. The van der Waals surface area contributed by atoms with Crippen molar-refractivity contribution in [2.75, 3.05) is 6.61 Å². The lowest BCUT2D eigenvalue weighted by Gasteiger charge is -2.20. The number of amides is 1. The highest BCUT2D eigenvalue weighted by atomic mass is 35.5. The monoisotopic (exact) mass is 615 g/mol. The lowest BCUT2D eigenvalue weighted by Crippen LogP contribution is -2.44. The van der Waals surface area contributed by atoms with Crippen LogP contribution in [-0.2, 0) is 29.4 Å². The molecule has 1 heterocycles. The normalized spacial score (nSPS) is 12.0. The molecule has 9 nitrogen and oxygen atoms in total. The fourth-order valence-electron chi connectivity index (χ4n) is 4.53. The van der Waals surface area contributed by atoms with Crippen LogP contribution in [0, 0.1) is 5.82 Å². The quantitative estimate of drug-likeness (QED) is 0.275. The zero-order valence-corrected chi connectivity index (χ0v) is 24.5. The van der Waals surface area contributed by atoms with Gasteiger partial charge in [-0.3, -0.25) is 14.2 Å². The van der Waals surface area contributed by atoms with E-state index in [0.717, 1.165) is 10.6 Å². The van der Waals surface area contributed by atoms with Gasteiger partial charge in [0.2, 0.25) is 0 Å². The van der Waals surface area contributed by atoms with Crippen LogP contribution in [0.3, 0.4) is 0 Å². The maximum atomic E-state index is 14.5. The molecule has 0 bridgehead atoms. The predicted octanol–water partition coefficient (Wildman–Crippen LogP) is 3.96. The molecule has 42 heavy (non-hydrogen) atoms. The van der Waals surface area contributed by atoms with E-state index in [0.29, 0.717) is 5.56 Å². The van der Waals surface area contributed by atoms with Crippen LogP contribution in [0.25, 0.3) is 16.6 Å². The topological polar surface area (TPSA) is 120 Å². The van der Waals surface area contributed by atoms with Gasteiger partial charge in [-0.2, -0.15) is 0 Å². The van der Waals surface area contributed by atoms with Crippen LogP contribution in [0.5, 0.6) is 0 Å². The number of fused-ring (bicyclic) bond motifs is 1. The molecule has 1 amide bonds. The van der Waals surface area contributed by atoms with E-state index in [-0.39, 0.29) is 57.2 Å². The number of rotatable bonds is 9. The van der Waals surface area contributed by atoms with Gasteiger partial charge in [0, 0.05) is 20.1 Å². The van der Waals surface area contributed by atoms with Crippen molar-refractivity contribution < 1.29 is 23.8 Å². The SMILES string of the molecule is CC(C)OC(=O)[C@H](Cc1ccc(-n2c(=O)c3cc(CCO)c(F)cc3n(C)c2=O)cc1)NC(=O)c1c(Cl)cccc1Cl. The third kappa shape index (κ3) is 6.41. The molecule has 4 rings (SSSR count). The predicted molar refractivity (Wildman–Crippen MR) is 158 cm³/mol. The molecule has 0 aliphatic carbocycles. The van der Waals surface area contributed by atoms with Crippen LogP contribution in [0.1, 0.15) is 35.3 Å². The van der Waals surface area contributed by atoms with Gasteiger partial charge in [-0.1, -0.05) is 41.4 Å². The summed E-state index contributed by atoms with van der Waals surface area (Å²) < 4.78 is 21.9. The number of nitrogens with zero attached hydrogens (tertiary/aromatic N) is 2. The number of aliphatic hydroxyl groups is 1. The molecule has 0 unspecified atom stereocenters. The van der Waals surface area contributed by atoms with Crippen molar-refractivity contribution in [1.82, 2.24) is 14.5 Å². The van der Waals surface area contributed by atoms with Gasteiger partial charge in [-0.15, -0.1) is 0 Å². The van der Waals surface area contributed by atoms with E-state index in [1.807, 2.05) is 0 Å². The minimum atomic E-state index is -1.10. The van der Waals surface area contributed by atoms with E-state index in [4.69, 9.17) is 27.9 Å². The molecule has 12 heteroatoms. The Morgan fingerprint density at radius 1 is 1.05 bits per heavy atom. The molecule has 220 valence electrons. The number of nitrogens with one attached hydrogen (secondary N) is 1. The fraction of sp³-hybridized carbons (Fsp3) is 0.267. The molecule has 3 aromatic carbocycles. The molecule has 0 spiro atoms. The average Bonchev–Trinajstić information content (AvgIpc) is 2.93. The number of benzene rings is 3. The Bertz CT molecular complexity index is 1760. The summed E-state index contributed by atoms with van der Waals surface area (Å²) in [5, 5.41) is 12.2. The van der Waals surface area contributed by atoms with Gasteiger partial charge < -0.3 is 15.2 Å². The maximum Gasteiger partial charge on any atom is 0.335 e. The summed E-state index contributed by atoms with van der Waals surface area (Å²) in [4.78, 5) is 52.4. The molecule has 2 N–H and O–H groups in total. The van der Waals surface area contributed by atoms with Gasteiger partial charge in [0.05, 0.1) is 38.3 Å². The van der Waals surface area contributed by atoms with Crippen LogP contribution in [0.15, 0.2) is 64.2 Å². The fourth-order valence-corrected chi connectivity index (χ4v) is 5.10. The van der Waals surface area contributed by atoms with Gasteiger partial charge in [0.1, 0.15) is 11.9 Å². The summed E-state index contributed by atoms with van der Waals surface area (Å²) in [7, 11) is 1.43. The van der Waals surface area contributed by atoms with E-state index >= 15 is 0 Å². The second-order valence-corrected chi connectivity index (χ2v) is 10.7. The van der Waals surface area contributed by atoms with Crippen molar-refractivity contribution in [2.45, 2.75) is 38.8 Å². The largest absolute Gasteiger partial charge is 0.461 e. The molecule has 0 aliphatic rings. The zero-order valence-electron chi connectivity index (χ0n) is 23.0. The zero-order chi connectivity index (χ0) is 30.7. The van der Waals surface area contributed by atoms with Crippen LogP contribution in [0.4, 0.5) is 4.39 Å². The third-order valence-corrected chi connectivity index (χ3v) is 7.21. The Kier molecular flexibility index (Phi) is 9.50. The minimum absolute atomic E-state index is 0.0123. The van der Waals surface area contributed by atoms with Gasteiger partial charge in [0.25, 0.3) is 11.5 Å². The van der Waals surface area contributed by atoms with Crippen molar-refractivity contribution in [3.8, 4) is 5.69 Å². The van der Waals surface area contributed by atoms with Crippen molar-refractivity contribution in [3.05, 3.63) is 108 Å². The third-order valence-electron chi connectivity index (χ3n) is 6.58. The lowest BCUT2D eigenvalue weighted by molar-refractivity contribution is -0.149. The molecule has 0 saturated carbocycles. The number of hydrogen-bond acceptors (Lipinski definition) is 6. The number of ether oxygens (including phenoxy) is 1. The maximum absolute atomic E-state index is 14.5. The molecule has 1 atom stereocenters. The molecule has 0 radical (unpaired) electrons. The molecular formula is C30H28Cl2FN3O6. The Morgan fingerprint density at radius 2 is 1.69 bits per heavy atom. The highest BCUT2D eigenvalue weighted by Crippen LogP contribution is 2.24. The molecular weight excluding hydrogens is 588 g/mol. The molecule has 1 aromatic heterocycles. The highest BCUT2D eigenvalue weighted by molar-refractivity contribution is 6.39. The summed E-state index contributed by atoms with van der Waals surface area (Å²) in [5.74, 6) is -1.95. The number of hydrogen-bond donors (Lipinski definition) is 2. The number of aromatic nitrogens is 2. The van der Waals surface area contributed by atoms with E-state index < -0.39 is 41.1 Å². The highest BCUT2D eigenvalue weighted by Gasteiger charge is 2.26. The van der Waals surface area contributed by atoms with Gasteiger partial charge in [-0.05, 0) is 67.8 Å². The second-order valence-electron chi connectivity index (χ2n) is 9.90. The van der Waals surface area contributed by atoms with Crippen molar-refractivity contribution in [3.63, 3.8) is 0 Å². The Labute approximate surface area is 250 Å². The summed E-state index contributed by atoms with van der Waals surface area (Å²) in [6.45, 7) is 3.06. The number of esters is 1. The van der Waals surface area contributed by atoms with Crippen LogP contribution in [-0.4, -0.2) is 44.9 Å². The van der Waals surface area contributed by atoms with Gasteiger partial charge in [-0.25, -0.2) is 18.5 Å². The molecule has 4 aromatic rings. The second kappa shape index (κ2) is 12.9. The first kappa shape index (κ1) is 31.0. The summed E-state index contributed by atoms with van der Waals surface area (Å²) in [6, 6.07) is 12.2. The summed E-state index contributed by atoms with van der Waals surface area (Å²) >= 11 is 12.3. The van der Waals surface area contributed by atoms with Crippen LogP contribution < -0.4 is 16.6 Å². The Balaban J connectivity index is 1.68. The Hall–Kier alpha value is -3.99. The van der Waals surface area contributed by atoms with E-state index in [1.165, 1.54) is 41.9 Å². The number of aliphatic hydroxyl groups excluding tert-OH is 1. The van der Waals surface area contributed by atoms with Crippen LogP contribution >= 0.6 is 23.2 Å². The van der Waals surface area contributed by atoms with Gasteiger partial charge >= 0.3 is 11.7 Å². The molecule has 0 saturated heterocycles. The molecule has 0 fully saturated rings. The van der Waals surface area contributed by atoms with Crippen molar-refractivity contribution in [2.24, 2.45) is 7.05 Å². The molecule has 0 aliphatic heterocycles. The van der Waals surface area contributed by atoms with E-state index in [9.17, 15) is 28.7 Å². The van der Waals surface area contributed by atoms with E-state index in [1.54, 1.807) is 32.0 Å². The number of aryl methyl sites for hydroxylation is 1. The summed E-state index contributed by atoms with van der Waals surface area (Å²) in [6.07, 6.45) is -0.405. The number of halogens is 3. The van der Waals surface area contributed by atoms with Crippen molar-refractivity contribution >= 4 is 46.0 Å². The van der Waals surface area contributed by atoms with Crippen LogP contribution in [0.2, 0.25) is 10.0 Å². The lowest BCUT2D eigenvalue weighted by atomic mass is 10.0. The minimum Gasteiger partial charge on any atom is -0.461 e. The van der Waals surface area contributed by atoms with Gasteiger partial charge in [0.15, 0.2) is 0 Å².